The van der Waals surface area contributed by atoms with E-state index in [0.29, 0.717) is 0 Å². The van der Waals surface area contributed by atoms with Crippen molar-refractivity contribution in [2.24, 2.45) is 4.99 Å². The molecule has 0 amide bonds. The number of hydrogen-bond donors (Lipinski definition) is 1. The van der Waals surface area contributed by atoms with Crippen LogP contribution in [0.2, 0.25) is 0 Å². The van der Waals surface area contributed by atoms with Gasteiger partial charge in [-0.3, -0.25) is 4.99 Å². The zero-order valence-corrected chi connectivity index (χ0v) is 20.1. The summed E-state index contributed by atoms with van der Waals surface area (Å²) in [6, 6.07) is 15.7. The van der Waals surface area contributed by atoms with Gasteiger partial charge in [-0.25, -0.2) is 0 Å². The summed E-state index contributed by atoms with van der Waals surface area (Å²) in [6.45, 7) is 5.29. The third-order valence-corrected chi connectivity index (χ3v) is 5.75. The van der Waals surface area contributed by atoms with Crippen LogP contribution in [0.3, 0.4) is 0 Å². The molecule has 0 spiro atoms. The lowest BCUT2D eigenvalue weighted by molar-refractivity contribution is 0.475. The Labute approximate surface area is 195 Å². The molecule has 32 heavy (non-hydrogen) atoms. The zero-order chi connectivity index (χ0) is 22.9. The van der Waals surface area contributed by atoms with Crippen molar-refractivity contribution in [2.45, 2.75) is 78.1 Å². The van der Waals surface area contributed by atoms with Gasteiger partial charge in [0.1, 0.15) is 5.75 Å². The van der Waals surface area contributed by atoms with Crippen molar-refractivity contribution in [3.63, 3.8) is 0 Å². The molecule has 0 heterocycles. The van der Waals surface area contributed by atoms with Crippen molar-refractivity contribution in [3.8, 4) is 5.75 Å². The minimum atomic E-state index is 0.288. The first-order chi connectivity index (χ1) is 15.7. The lowest BCUT2D eigenvalue weighted by Crippen LogP contribution is -1.88. The van der Waals surface area contributed by atoms with Gasteiger partial charge in [0.05, 0.1) is 0 Å². The number of aryl methyl sites for hydroxylation is 1. The third-order valence-electron chi connectivity index (χ3n) is 5.75. The lowest BCUT2D eigenvalue weighted by Gasteiger charge is -2.02. The van der Waals surface area contributed by atoms with E-state index >= 15 is 0 Å². The van der Waals surface area contributed by atoms with Gasteiger partial charge in [-0.2, -0.15) is 0 Å². The van der Waals surface area contributed by atoms with Gasteiger partial charge in [0, 0.05) is 12.8 Å². The maximum absolute atomic E-state index is 9.48. The number of phenols is 1. The average molecular weight is 432 g/mol. The predicted octanol–water partition coefficient (Wildman–Crippen LogP) is 8.79. The first kappa shape index (κ1) is 25.6. The fourth-order valence-electron chi connectivity index (χ4n) is 3.70. The molecule has 0 aliphatic heterocycles. The second-order valence-corrected chi connectivity index (χ2v) is 8.64. The van der Waals surface area contributed by atoms with Gasteiger partial charge in [0.25, 0.3) is 0 Å². The molecule has 1 N–H and O–H groups in total. The summed E-state index contributed by atoms with van der Waals surface area (Å²) in [5.41, 5.74) is 4.61. The van der Waals surface area contributed by atoms with Gasteiger partial charge in [-0.05, 0) is 53.8 Å². The van der Waals surface area contributed by atoms with Crippen molar-refractivity contribution < 1.29 is 5.11 Å². The smallest absolute Gasteiger partial charge is 0.115 e. The van der Waals surface area contributed by atoms with Crippen LogP contribution in [0.15, 0.2) is 65.2 Å². The summed E-state index contributed by atoms with van der Waals surface area (Å²) >= 11 is 0. The van der Waals surface area contributed by atoms with Crippen LogP contribution in [-0.4, -0.2) is 17.9 Å². The van der Waals surface area contributed by atoms with Crippen molar-refractivity contribution in [1.29, 1.82) is 0 Å². The number of allylic oxidation sites excluding steroid dienone is 2. The maximum atomic E-state index is 9.48. The molecule has 0 aliphatic carbocycles. The first-order valence-electron chi connectivity index (χ1n) is 12.4. The minimum absolute atomic E-state index is 0.288. The highest BCUT2D eigenvalue weighted by Crippen LogP contribution is 2.15. The predicted molar refractivity (Wildman–Crippen MR) is 141 cm³/mol. The standard InChI is InChI=1S/C30H41NO/c1-3-4-5-6-7-8-9-10-11-14-23-31-25-28(24-29-16-13-12-15-26(29)2)18-17-27-19-21-30(32)22-20-27/h12-13,15-22,24-25,32H,3-11,14,23H2,1-2H3/b18-17+,28-24-,31-25?. The van der Waals surface area contributed by atoms with Crippen LogP contribution >= 0.6 is 0 Å². The number of aliphatic imine (C=N–C) groups is 1. The molecule has 172 valence electrons. The van der Waals surface area contributed by atoms with Crippen LogP contribution in [0, 0.1) is 6.92 Å². The van der Waals surface area contributed by atoms with Gasteiger partial charge in [0.2, 0.25) is 0 Å². The van der Waals surface area contributed by atoms with Gasteiger partial charge in [-0.15, -0.1) is 0 Å². The number of aromatic hydroxyl groups is 1. The maximum Gasteiger partial charge on any atom is 0.115 e. The van der Waals surface area contributed by atoms with Crippen LogP contribution in [0.1, 0.15) is 87.8 Å². The topological polar surface area (TPSA) is 32.6 Å². The Bertz CT molecular complexity index is 845. The fraction of sp³-hybridized carbons (Fsp3) is 0.433. The summed E-state index contributed by atoms with van der Waals surface area (Å²) in [5.74, 6) is 0.288. The van der Waals surface area contributed by atoms with Crippen LogP contribution in [-0.2, 0) is 0 Å². The Morgan fingerprint density at radius 2 is 1.44 bits per heavy atom. The van der Waals surface area contributed by atoms with Gasteiger partial charge in [0.15, 0.2) is 0 Å². The number of rotatable bonds is 15. The molecule has 2 heteroatoms. The van der Waals surface area contributed by atoms with Crippen LogP contribution in [0.4, 0.5) is 0 Å². The largest absolute Gasteiger partial charge is 0.508 e. The number of phenolic OH excluding ortho intramolecular Hbond substituents is 1. The average Bonchev–Trinajstić information content (AvgIpc) is 2.80. The van der Waals surface area contributed by atoms with E-state index in [1.54, 1.807) is 12.1 Å². The molecule has 2 aromatic rings. The summed E-state index contributed by atoms with van der Waals surface area (Å²) in [6.07, 6.45) is 21.8. The van der Waals surface area contributed by atoms with Crippen molar-refractivity contribution >= 4 is 18.4 Å². The molecule has 0 bridgehead atoms. The summed E-state index contributed by atoms with van der Waals surface area (Å²) in [5, 5.41) is 9.48. The van der Waals surface area contributed by atoms with E-state index in [1.165, 1.54) is 68.9 Å². The highest BCUT2D eigenvalue weighted by Gasteiger charge is 1.97. The number of unbranched alkanes of at least 4 members (excludes halogenated alkanes) is 9. The second-order valence-electron chi connectivity index (χ2n) is 8.64. The number of nitrogens with zero attached hydrogens (tertiary/aromatic N) is 1. The van der Waals surface area contributed by atoms with E-state index in [0.717, 1.165) is 24.1 Å². The molecule has 0 saturated heterocycles. The lowest BCUT2D eigenvalue weighted by atomic mass is 10.0. The van der Waals surface area contributed by atoms with Crippen molar-refractivity contribution in [3.05, 3.63) is 76.9 Å². The van der Waals surface area contributed by atoms with E-state index in [2.05, 4.69) is 56.3 Å². The van der Waals surface area contributed by atoms with Gasteiger partial charge in [-0.1, -0.05) is 113 Å². The van der Waals surface area contributed by atoms with Crippen molar-refractivity contribution in [2.75, 3.05) is 6.54 Å². The molecule has 2 nitrogen and oxygen atoms in total. The molecular weight excluding hydrogens is 390 g/mol. The Balaban J connectivity index is 1.82. The molecular formula is C30H41NO. The monoisotopic (exact) mass is 431 g/mol. The third kappa shape index (κ3) is 11.1. The zero-order valence-electron chi connectivity index (χ0n) is 20.1. The molecule has 2 aromatic carbocycles. The molecule has 0 saturated carbocycles. The second kappa shape index (κ2) is 16.1. The van der Waals surface area contributed by atoms with E-state index in [4.69, 9.17) is 4.99 Å². The number of benzene rings is 2. The summed E-state index contributed by atoms with van der Waals surface area (Å²) in [4.78, 5) is 4.71. The first-order valence-corrected chi connectivity index (χ1v) is 12.4. The Morgan fingerprint density at radius 1 is 0.812 bits per heavy atom. The number of hydrogen-bond acceptors (Lipinski definition) is 2. The molecule has 0 aliphatic rings. The molecule has 0 aromatic heterocycles. The Hall–Kier alpha value is -2.61. The van der Waals surface area contributed by atoms with E-state index in [1.807, 2.05) is 18.3 Å². The Kier molecular flexibility index (Phi) is 12.9. The highest BCUT2D eigenvalue weighted by atomic mass is 16.3. The van der Waals surface area contributed by atoms with Crippen LogP contribution in [0.5, 0.6) is 5.75 Å². The molecule has 0 radical (unpaired) electrons. The van der Waals surface area contributed by atoms with Crippen molar-refractivity contribution in [1.82, 2.24) is 0 Å². The SMILES string of the molecule is CCCCCCCCCCCCN=CC(=C\c1ccccc1C)/C=C/c1ccc(O)cc1. The van der Waals surface area contributed by atoms with Crippen LogP contribution < -0.4 is 0 Å². The van der Waals surface area contributed by atoms with E-state index < -0.39 is 0 Å². The van der Waals surface area contributed by atoms with E-state index in [-0.39, 0.29) is 5.75 Å². The summed E-state index contributed by atoms with van der Waals surface area (Å²) in [7, 11) is 0. The quantitative estimate of drug-likeness (QED) is 0.170. The Morgan fingerprint density at radius 3 is 2.09 bits per heavy atom. The van der Waals surface area contributed by atoms with E-state index in [9.17, 15) is 5.11 Å². The molecule has 0 fully saturated rings. The summed E-state index contributed by atoms with van der Waals surface area (Å²) < 4.78 is 0. The normalized spacial score (nSPS) is 12.2. The van der Waals surface area contributed by atoms with Gasteiger partial charge >= 0.3 is 0 Å². The molecule has 0 atom stereocenters. The van der Waals surface area contributed by atoms with Gasteiger partial charge < -0.3 is 5.11 Å². The fourth-order valence-corrected chi connectivity index (χ4v) is 3.70. The molecule has 2 rings (SSSR count). The molecule has 0 unspecified atom stereocenters. The minimum Gasteiger partial charge on any atom is -0.508 e. The van der Waals surface area contributed by atoms with Crippen LogP contribution in [0.25, 0.3) is 12.2 Å². The highest BCUT2D eigenvalue weighted by molar-refractivity contribution is 5.91.